The third-order valence-electron chi connectivity index (χ3n) is 3.37. The molecule has 1 aliphatic heterocycles. The van der Waals surface area contributed by atoms with Crippen LogP contribution in [0.25, 0.3) is 0 Å². The fourth-order valence-electron chi connectivity index (χ4n) is 2.14. The van der Waals surface area contributed by atoms with Crippen molar-refractivity contribution in [2.75, 3.05) is 32.1 Å². The number of hydrazone groups is 1. The zero-order chi connectivity index (χ0) is 14.5. The summed E-state index contributed by atoms with van der Waals surface area (Å²) in [5, 5.41) is 14.5. The van der Waals surface area contributed by atoms with E-state index < -0.39 is 0 Å². The second-order valence-corrected chi connectivity index (χ2v) is 4.72. The minimum Gasteiger partial charge on any atom is -0.372 e. The number of rotatable bonds is 5. The maximum atomic E-state index is 4.31. The number of azo groups is 1. The minimum absolute atomic E-state index is 0.155. The molecular formula is C14H22N6. The molecule has 6 nitrogen and oxygen atoms in total. The molecule has 108 valence electrons. The van der Waals surface area contributed by atoms with Gasteiger partial charge in [0.15, 0.2) is 0 Å². The number of hydrogen-bond donors (Lipinski definition) is 0. The summed E-state index contributed by atoms with van der Waals surface area (Å²) < 4.78 is 0. The van der Waals surface area contributed by atoms with E-state index in [2.05, 4.69) is 46.2 Å². The maximum Gasteiger partial charge on any atom is 0.233 e. The van der Waals surface area contributed by atoms with Gasteiger partial charge in [0.25, 0.3) is 0 Å². The van der Waals surface area contributed by atoms with Crippen molar-refractivity contribution in [2.24, 2.45) is 15.3 Å². The van der Waals surface area contributed by atoms with Crippen LogP contribution in [0.3, 0.4) is 0 Å². The summed E-state index contributed by atoms with van der Waals surface area (Å²) in [5.74, 6) is 0. The smallest absolute Gasteiger partial charge is 0.233 e. The number of hydrogen-bond acceptors (Lipinski definition) is 6. The first kappa shape index (κ1) is 14.3. The van der Waals surface area contributed by atoms with Crippen molar-refractivity contribution in [3.8, 4) is 0 Å². The van der Waals surface area contributed by atoms with Gasteiger partial charge in [-0.25, -0.2) is 0 Å². The van der Waals surface area contributed by atoms with E-state index in [0.29, 0.717) is 0 Å². The van der Waals surface area contributed by atoms with Gasteiger partial charge in [0.1, 0.15) is 6.34 Å². The molecule has 0 unspecified atom stereocenters. The second kappa shape index (κ2) is 6.36. The molecule has 20 heavy (non-hydrogen) atoms. The molecule has 0 fully saturated rings. The van der Waals surface area contributed by atoms with Crippen LogP contribution in [0.5, 0.6) is 0 Å². The standard InChI is InChI=1S/C14H22N6/c1-5-20(6-2)13-9-7-12(8-10-13)16-17-14-18(3)11-15-19(14)4/h7-11,14H,5-6H2,1-4H3/t14-/m1/s1. The quantitative estimate of drug-likeness (QED) is 0.776. The van der Waals surface area contributed by atoms with Gasteiger partial charge in [-0.15, -0.1) is 5.11 Å². The Morgan fingerprint density at radius 1 is 1.15 bits per heavy atom. The van der Waals surface area contributed by atoms with Gasteiger partial charge in [0.05, 0.1) is 5.69 Å². The van der Waals surface area contributed by atoms with E-state index in [1.807, 2.05) is 31.1 Å². The first-order valence-corrected chi connectivity index (χ1v) is 6.90. The van der Waals surface area contributed by atoms with Crippen LogP contribution in [-0.4, -0.2) is 49.7 Å². The average Bonchev–Trinajstić information content (AvgIpc) is 2.78. The van der Waals surface area contributed by atoms with E-state index in [0.717, 1.165) is 18.8 Å². The molecule has 0 bridgehead atoms. The van der Waals surface area contributed by atoms with Gasteiger partial charge in [-0.2, -0.15) is 10.2 Å². The Morgan fingerprint density at radius 3 is 2.30 bits per heavy atom. The summed E-state index contributed by atoms with van der Waals surface area (Å²) in [6.45, 7) is 6.32. The van der Waals surface area contributed by atoms with Crippen LogP contribution in [-0.2, 0) is 0 Å². The van der Waals surface area contributed by atoms with Gasteiger partial charge in [-0.1, -0.05) is 0 Å². The van der Waals surface area contributed by atoms with Crippen molar-refractivity contribution in [3.05, 3.63) is 24.3 Å². The monoisotopic (exact) mass is 274 g/mol. The average molecular weight is 274 g/mol. The van der Waals surface area contributed by atoms with E-state index in [1.54, 1.807) is 11.3 Å². The summed E-state index contributed by atoms with van der Waals surface area (Å²) in [7, 11) is 3.81. The first-order chi connectivity index (χ1) is 9.65. The van der Waals surface area contributed by atoms with Crippen LogP contribution in [0.2, 0.25) is 0 Å². The highest BCUT2D eigenvalue weighted by atomic mass is 15.6. The minimum atomic E-state index is -0.155. The van der Waals surface area contributed by atoms with Gasteiger partial charge in [0.2, 0.25) is 6.29 Å². The fraction of sp³-hybridized carbons (Fsp3) is 0.500. The topological polar surface area (TPSA) is 46.8 Å². The predicted octanol–water partition coefficient (Wildman–Crippen LogP) is 2.72. The lowest BCUT2D eigenvalue weighted by atomic mass is 10.2. The van der Waals surface area contributed by atoms with Gasteiger partial charge in [0, 0.05) is 32.9 Å². The molecule has 0 radical (unpaired) electrons. The number of nitrogens with zero attached hydrogens (tertiary/aromatic N) is 6. The van der Waals surface area contributed by atoms with Crippen molar-refractivity contribution in [2.45, 2.75) is 20.1 Å². The van der Waals surface area contributed by atoms with Crippen molar-refractivity contribution in [1.82, 2.24) is 9.91 Å². The Hall–Kier alpha value is -2.11. The molecule has 1 aliphatic rings. The molecule has 0 amide bonds. The highest BCUT2D eigenvalue weighted by Gasteiger charge is 2.20. The number of anilines is 1. The van der Waals surface area contributed by atoms with E-state index in [-0.39, 0.29) is 6.29 Å². The van der Waals surface area contributed by atoms with Crippen LogP contribution >= 0.6 is 0 Å². The van der Waals surface area contributed by atoms with Gasteiger partial charge < -0.3 is 9.80 Å². The lowest BCUT2D eigenvalue weighted by molar-refractivity contribution is 0.183. The molecular weight excluding hydrogens is 252 g/mol. The molecule has 0 aliphatic carbocycles. The lowest BCUT2D eigenvalue weighted by Crippen LogP contribution is -2.32. The molecule has 0 aromatic heterocycles. The molecule has 0 N–H and O–H groups in total. The van der Waals surface area contributed by atoms with Crippen molar-refractivity contribution in [3.63, 3.8) is 0 Å². The second-order valence-electron chi connectivity index (χ2n) is 4.72. The van der Waals surface area contributed by atoms with Gasteiger partial charge >= 0.3 is 0 Å². The highest BCUT2D eigenvalue weighted by Crippen LogP contribution is 2.21. The maximum absolute atomic E-state index is 4.31. The van der Waals surface area contributed by atoms with Crippen LogP contribution < -0.4 is 4.90 Å². The van der Waals surface area contributed by atoms with Gasteiger partial charge in [-0.3, -0.25) is 5.01 Å². The molecule has 1 heterocycles. The predicted molar refractivity (Wildman–Crippen MR) is 82.3 cm³/mol. The van der Waals surface area contributed by atoms with E-state index in [4.69, 9.17) is 0 Å². The van der Waals surface area contributed by atoms with Crippen LogP contribution in [0.1, 0.15) is 13.8 Å². The summed E-state index contributed by atoms with van der Waals surface area (Å²) in [6, 6.07) is 8.15. The zero-order valence-electron chi connectivity index (χ0n) is 12.6. The highest BCUT2D eigenvalue weighted by molar-refractivity contribution is 5.56. The molecule has 1 aromatic rings. The number of benzene rings is 1. The van der Waals surface area contributed by atoms with Crippen LogP contribution in [0, 0.1) is 0 Å². The molecule has 6 heteroatoms. The normalized spacial score (nSPS) is 18.3. The summed E-state index contributed by atoms with van der Waals surface area (Å²) in [6.07, 6.45) is 1.59. The molecule has 0 saturated carbocycles. The summed E-state index contributed by atoms with van der Waals surface area (Å²) in [5.41, 5.74) is 2.07. The Labute approximate surface area is 120 Å². The molecule has 2 rings (SSSR count). The Bertz CT molecular complexity index is 465. The molecule has 0 saturated heterocycles. The fourth-order valence-corrected chi connectivity index (χ4v) is 2.14. The third kappa shape index (κ3) is 3.07. The van der Waals surface area contributed by atoms with E-state index >= 15 is 0 Å². The first-order valence-electron chi connectivity index (χ1n) is 6.90. The van der Waals surface area contributed by atoms with Crippen LogP contribution in [0.15, 0.2) is 39.6 Å². The van der Waals surface area contributed by atoms with E-state index in [9.17, 15) is 0 Å². The molecule has 1 atom stereocenters. The molecule has 1 aromatic carbocycles. The third-order valence-corrected chi connectivity index (χ3v) is 3.37. The summed E-state index contributed by atoms with van der Waals surface area (Å²) in [4.78, 5) is 4.21. The van der Waals surface area contributed by atoms with Crippen molar-refractivity contribution < 1.29 is 0 Å². The van der Waals surface area contributed by atoms with Gasteiger partial charge in [-0.05, 0) is 38.1 Å². The Kier molecular flexibility index (Phi) is 4.55. The Morgan fingerprint density at radius 2 is 1.80 bits per heavy atom. The largest absolute Gasteiger partial charge is 0.372 e. The van der Waals surface area contributed by atoms with Crippen LogP contribution in [0.4, 0.5) is 11.4 Å². The van der Waals surface area contributed by atoms with Crippen molar-refractivity contribution >= 4 is 17.7 Å². The van der Waals surface area contributed by atoms with E-state index in [1.165, 1.54) is 5.69 Å². The summed E-state index contributed by atoms with van der Waals surface area (Å²) >= 11 is 0. The SMILES string of the molecule is CCN(CC)c1ccc(N=N[C@@H]2N(C)C=NN2C)cc1. The van der Waals surface area contributed by atoms with Crippen molar-refractivity contribution in [1.29, 1.82) is 0 Å². The lowest BCUT2D eigenvalue weighted by Gasteiger charge is -2.21. The Balaban J connectivity index is 2.04. The molecule has 0 spiro atoms. The zero-order valence-corrected chi connectivity index (χ0v) is 12.6.